The van der Waals surface area contributed by atoms with Gasteiger partial charge in [0.15, 0.2) is 0 Å². The molecule has 3 aromatic carbocycles. The first-order chi connectivity index (χ1) is 13.3. The zero-order chi connectivity index (χ0) is 20.1. The summed E-state index contributed by atoms with van der Waals surface area (Å²) in [6, 6.07) is 21.2. The minimum Gasteiger partial charge on any atom is -0.478 e. The van der Waals surface area contributed by atoms with Crippen molar-refractivity contribution in [2.75, 3.05) is 5.32 Å². The second kappa shape index (κ2) is 8.47. The summed E-state index contributed by atoms with van der Waals surface area (Å²) in [7, 11) is -4.14. The predicted octanol–water partition coefficient (Wildman–Crippen LogP) is 3.80. The van der Waals surface area contributed by atoms with Crippen LogP contribution in [0.15, 0.2) is 87.5 Å². The van der Waals surface area contributed by atoms with Gasteiger partial charge in [-0.2, -0.15) is 0 Å². The van der Waals surface area contributed by atoms with Gasteiger partial charge in [0.2, 0.25) is 10.0 Å². The molecule has 4 N–H and O–H groups in total. The molecule has 8 heteroatoms. The summed E-state index contributed by atoms with van der Waals surface area (Å²) in [5.74, 6) is -1.23. The molecule has 0 unspecified atom stereocenters. The number of carboxylic acids is 1. The lowest BCUT2D eigenvalue weighted by Gasteiger charge is -2.16. The average Bonchev–Trinajstić information content (AvgIpc) is 2.67. The number of primary sulfonamides is 1. The van der Waals surface area contributed by atoms with Gasteiger partial charge in [0.25, 0.3) is 0 Å². The van der Waals surface area contributed by atoms with Crippen LogP contribution in [0.4, 0.5) is 5.69 Å². The van der Waals surface area contributed by atoms with Crippen molar-refractivity contribution in [3.05, 3.63) is 83.9 Å². The van der Waals surface area contributed by atoms with Gasteiger partial charge in [0.1, 0.15) is 0 Å². The molecule has 28 heavy (non-hydrogen) atoms. The Morgan fingerprint density at radius 1 is 1.00 bits per heavy atom. The number of sulfonamides is 1. The first-order valence-corrected chi connectivity index (χ1v) is 10.7. The minimum absolute atomic E-state index is 0.156. The summed E-state index contributed by atoms with van der Waals surface area (Å²) >= 11 is 1.21. The number of nitrogens with one attached hydrogen (secondary N) is 1. The summed E-state index contributed by atoms with van der Waals surface area (Å²) in [4.78, 5) is 12.4. The fourth-order valence-electron chi connectivity index (χ4n) is 2.57. The quantitative estimate of drug-likeness (QED) is 0.543. The first kappa shape index (κ1) is 19.9. The molecular formula is C20H18N2O4S2. The van der Waals surface area contributed by atoms with Gasteiger partial charge in [-0.15, -0.1) is 0 Å². The van der Waals surface area contributed by atoms with Gasteiger partial charge in [-0.25, -0.2) is 18.4 Å². The van der Waals surface area contributed by atoms with E-state index in [9.17, 15) is 18.3 Å². The van der Waals surface area contributed by atoms with Crippen LogP contribution in [0.3, 0.4) is 0 Å². The Hall–Kier alpha value is -2.81. The Morgan fingerprint density at radius 2 is 1.61 bits per heavy atom. The molecule has 6 nitrogen and oxygen atoms in total. The Balaban J connectivity index is 2.10. The molecule has 0 aliphatic rings. The van der Waals surface area contributed by atoms with Crippen LogP contribution in [0.5, 0.6) is 0 Å². The predicted molar refractivity (Wildman–Crippen MR) is 109 cm³/mol. The molecule has 0 aromatic heterocycles. The highest BCUT2D eigenvalue weighted by Gasteiger charge is 2.22. The highest BCUT2D eigenvalue weighted by molar-refractivity contribution is 8.00. The van der Waals surface area contributed by atoms with Crippen molar-refractivity contribution >= 4 is 33.4 Å². The van der Waals surface area contributed by atoms with Gasteiger partial charge in [0, 0.05) is 11.4 Å². The second-order valence-corrected chi connectivity index (χ2v) is 8.57. The molecule has 0 fully saturated rings. The lowest BCUT2D eigenvalue weighted by Crippen LogP contribution is -2.16. The molecule has 0 saturated carbocycles. The van der Waals surface area contributed by atoms with Gasteiger partial charge in [0.05, 0.1) is 21.0 Å². The van der Waals surface area contributed by atoms with E-state index in [4.69, 9.17) is 5.14 Å². The number of hydrogen-bond acceptors (Lipinski definition) is 5. The number of aromatic carboxylic acids is 1. The van der Waals surface area contributed by atoms with E-state index < -0.39 is 16.0 Å². The SMILES string of the molecule is NS(=O)(=O)c1cc(C(=O)O)cc(NCc2ccccc2)c1Sc1ccccc1. The molecule has 0 saturated heterocycles. The van der Waals surface area contributed by atoms with Gasteiger partial charge < -0.3 is 10.4 Å². The summed E-state index contributed by atoms with van der Waals surface area (Å²) < 4.78 is 24.4. The van der Waals surface area contributed by atoms with Crippen LogP contribution in [0.2, 0.25) is 0 Å². The topological polar surface area (TPSA) is 109 Å². The van der Waals surface area contributed by atoms with Crippen LogP contribution < -0.4 is 10.5 Å². The second-order valence-electron chi connectivity index (χ2n) is 5.96. The van der Waals surface area contributed by atoms with E-state index in [1.807, 2.05) is 60.7 Å². The average molecular weight is 415 g/mol. The minimum atomic E-state index is -4.14. The third-order valence-corrected chi connectivity index (χ3v) is 6.11. The number of rotatable bonds is 7. The van der Waals surface area contributed by atoms with Crippen molar-refractivity contribution in [1.29, 1.82) is 0 Å². The van der Waals surface area contributed by atoms with Gasteiger partial charge in [-0.05, 0) is 29.8 Å². The summed E-state index contributed by atoms with van der Waals surface area (Å²) in [5, 5.41) is 17.9. The molecule has 144 valence electrons. The summed E-state index contributed by atoms with van der Waals surface area (Å²) in [6.07, 6.45) is 0. The number of hydrogen-bond donors (Lipinski definition) is 3. The van der Waals surface area contributed by atoms with Crippen molar-refractivity contribution in [3.8, 4) is 0 Å². The zero-order valence-electron chi connectivity index (χ0n) is 14.7. The first-order valence-electron chi connectivity index (χ1n) is 8.29. The highest BCUT2D eigenvalue weighted by atomic mass is 32.2. The molecule has 0 bridgehead atoms. The van der Waals surface area contributed by atoms with Crippen molar-refractivity contribution < 1.29 is 18.3 Å². The van der Waals surface area contributed by atoms with Crippen LogP contribution >= 0.6 is 11.8 Å². The molecule has 0 spiro atoms. The molecule has 0 heterocycles. The van der Waals surface area contributed by atoms with Crippen molar-refractivity contribution in [2.45, 2.75) is 21.2 Å². The fourth-order valence-corrected chi connectivity index (χ4v) is 4.64. The zero-order valence-corrected chi connectivity index (χ0v) is 16.3. The van der Waals surface area contributed by atoms with Crippen LogP contribution in [0.1, 0.15) is 15.9 Å². The van der Waals surface area contributed by atoms with Gasteiger partial charge in [-0.1, -0.05) is 60.3 Å². The Morgan fingerprint density at radius 3 is 2.18 bits per heavy atom. The van der Waals surface area contributed by atoms with E-state index >= 15 is 0 Å². The molecule has 0 aliphatic heterocycles. The van der Waals surface area contributed by atoms with Crippen LogP contribution in [0, 0.1) is 0 Å². The van der Waals surface area contributed by atoms with Crippen molar-refractivity contribution in [1.82, 2.24) is 0 Å². The van der Waals surface area contributed by atoms with Crippen LogP contribution in [-0.4, -0.2) is 19.5 Å². The monoisotopic (exact) mass is 414 g/mol. The number of benzene rings is 3. The van der Waals surface area contributed by atoms with Gasteiger partial charge >= 0.3 is 5.97 Å². The normalized spacial score (nSPS) is 11.2. The van der Waals surface area contributed by atoms with E-state index in [1.54, 1.807) is 0 Å². The molecule has 0 aliphatic carbocycles. The molecule has 0 atom stereocenters. The van der Waals surface area contributed by atoms with E-state index in [-0.39, 0.29) is 10.5 Å². The third-order valence-electron chi connectivity index (χ3n) is 3.90. The van der Waals surface area contributed by atoms with E-state index in [1.165, 1.54) is 17.8 Å². The Kier molecular flexibility index (Phi) is 6.03. The number of nitrogens with two attached hydrogens (primary N) is 1. The van der Waals surface area contributed by atoms with E-state index in [2.05, 4.69) is 5.32 Å². The van der Waals surface area contributed by atoms with E-state index in [0.717, 1.165) is 16.5 Å². The fraction of sp³-hybridized carbons (Fsp3) is 0.0500. The highest BCUT2D eigenvalue weighted by Crippen LogP contribution is 2.39. The van der Waals surface area contributed by atoms with Crippen LogP contribution in [0.25, 0.3) is 0 Å². The summed E-state index contributed by atoms with van der Waals surface area (Å²) in [5.41, 5.74) is 1.20. The number of carbonyl (C=O) groups is 1. The molecular weight excluding hydrogens is 396 g/mol. The smallest absolute Gasteiger partial charge is 0.335 e. The maximum atomic E-state index is 12.2. The van der Waals surface area contributed by atoms with Crippen molar-refractivity contribution in [3.63, 3.8) is 0 Å². The number of carboxylic acid groups (broad SMARTS) is 1. The van der Waals surface area contributed by atoms with Crippen molar-refractivity contribution in [2.24, 2.45) is 5.14 Å². The molecule has 3 aromatic rings. The standard InChI is InChI=1S/C20H18N2O4S2/c21-28(25,26)18-12-15(20(23)24)11-17(22-13-14-7-3-1-4-8-14)19(18)27-16-9-5-2-6-10-16/h1-12,22H,13H2,(H,23,24)(H2,21,25,26). The molecule has 0 amide bonds. The maximum absolute atomic E-state index is 12.2. The Bertz CT molecular complexity index is 1090. The number of anilines is 1. The molecule has 3 rings (SSSR count). The Labute approximate surface area is 167 Å². The maximum Gasteiger partial charge on any atom is 0.335 e. The van der Waals surface area contributed by atoms with Gasteiger partial charge in [-0.3, -0.25) is 0 Å². The van der Waals surface area contributed by atoms with Crippen LogP contribution in [-0.2, 0) is 16.6 Å². The third kappa shape index (κ3) is 4.92. The largest absolute Gasteiger partial charge is 0.478 e. The van der Waals surface area contributed by atoms with E-state index in [0.29, 0.717) is 17.1 Å². The summed E-state index contributed by atoms with van der Waals surface area (Å²) in [6.45, 7) is 0.399. The lowest BCUT2D eigenvalue weighted by atomic mass is 10.2. The lowest BCUT2D eigenvalue weighted by molar-refractivity contribution is 0.0696. The molecule has 0 radical (unpaired) electrons.